The van der Waals surface area contributed by atoms with Crippen LogP contribution in [0.25, 0.3) is 0 Å². The number of methoxy groups -OCH3 is 1. The Labute approximate surface area is 207 Å². The summed E-state index contributed by atoms with van der Waals surface area (Å²) in [5.41, 5.74) is 1.58. The van der Waals surface area contributed by atoms with Gasteiger partial charge in [-0.1, -0.05) is 40.9 Å². The van der Waals surface area contributed by atoms with Gasteiger partial charge < -0.3 is 14.4 Å². The predicted molar refractivity (Wildman–Crippen MR) is 129 cm³/mol. The van der Waals surface area contributed by atoms with Gasteiger partial charge >= 0.3 is 0 Å². The molecule has 4 rings (SSSR count). The number of halogens is 3. The lowest BCUT2D eigenvalue weighted by Gasteiger charge is -2.19. The van der Waals surface area contributed by atoms with Gasteiger partial charge in [-0.05, 0) is 42.2 Å². The standard InChI is InChI=1S/C24H22Cl3N3O3/c1-32-23-11-16(6-8-28-23)24(31)30-13-17(7-9-33-22-5-3-18(25)12-29-22)19(14-30)15-2-4-20(26)21(27)10-15/h2-6,8,10-12,17,19H,7,9,13-14H2,1H3/t17-,19-/m1/s1. The van der Waals surface area contributed by atoms with Gasteiger partial charge in [0.2, 0.25) is 11.8 Å². The Balaban J connectivity index is 1.51. The van der Waals surface area contributed by atoms with Gasteiger partial charge in [-0.3, -0.25) is 4.79 Å². The number of hydrogen-bond donors (Lipinski definition) is 0. The number of nitrogens with zero attached hydrogens (tertiary/aromatic N) is 3. The zero-order chi connectivity index (χ0) is 23.4. The number of hydrogen-bond acceptors (Lipinski definition) is 5. The van der Waals surface area contributed by atoms with Crippen LogP contribution in [0.3, 0.4) is 0 Å². The van der Waals surface area contributed by atoms with Crippen LogP contribution in [-0.2, 0) is 0 Å². The van der Waals surface area contributed by atoms with E-state index in [4.69, 9.17) is 44.3 Å². The summed E-state index contributed by atoms with van der Waals surface area (Å²) in [5.74, 6) is 1.11. The average Bonchev–Trinajstić information content (AvgIpc) is 3.26. The van der Waals surface area contributed by atoms with Gasteiger partial charge in [0.15, 0.2) is 0 Å². The second kappa shape index (κ2) is 10.6. The summed E-state index contributed by atoms with van der Waals surface area (Å²) in [6.07, 6.45) is 3.86. The molecule has 1 aromatic carbocycles. The fraction of sp³-hybridized carbons (Fsp3) is 0.292. The van der Waals surface area contributed by atoms with E-state index in [1.807, 2.05) is 17.0 Å². The molecule has 2 aromatic heterocycles. The molecular formula is C24H22Cl3N3O3. The van der Waals surface area contributed by atoms with Crippen molar-refractivity contribution in [2.75, 3.05) is 26.8 Å². The number of pyridine rings is 2. The molecule has 0 bridgehead atoms. The Morgan fingerprint density at radius 2 is 1.88 bits per heavy atom. The summed E-state index contributed by atoms with van der Waals surface area (Å²) < 4.78 is 11.0. The molecule has 2 atom stereocenters. The molecule has 172 valence electrons. The zero-order valence-corrected chi connectivity index (χ0v) is 20.1. The number of likely N-dealkylation sites (tertiary alicyclic amines) is 1. The van der Waals surface area contributed by atoms with E-state index in [0.29, 0.717) is 52.1 Å². The molecule has 0 unspecified atom stereocenters. The number of carbonyl (C=O) groups is 1. The number of amides is 1. The van der Waals surface area contributed by atoms with E-state index in [1.165, 1.54) is 7.11 Å². The third kappa shape index (κ3) is 5.69. The summed E-state index contributed by atoms with van der Waals surface area (Å²) in [6, 6.07) is 12.5. The Kier molecular flexibility index (Phi) is 7.58. The van der Waals surface area contributed by atoms with E-state index >= 15 is 0 Å². The summed E-state index contributed by atoms with van der Waals surface area (Å²) in [4.78, 5) is 23.3. The number of carbonyl (C=O) groups excluding carboxylic acids is 1. The second-order valence-corrected chi connectivity index (χ2v) is 9.04. The number of ether oxygens (including phenoxy) is 2. The molecule has 3 heterocycles. The van der Waals surface area contributed by atoms with E-state index in [1.54, 1.807) is 42.7 Å². The quantitative estimate of drug-likeness (QED) is 0.407. The van der Waals surface area contributed by atoms with Gasteiger partial charge in [0, 0.05) is 49.1 Å². The Morgan fingerprint density at radius 3 is 2.61 bits per heavy atom. The van der Waals surface area contributed by atoms with E-state index in [-0.39, 0.29) is 17.7 Å². The fourth-order valence-corrected chi connectivity index (χ4v) is 4.47. The summed E-state index contributed by atoms with van der Waals surface area (Å²) in [5, 5.41) is 1.56. The summed E-state index contributed by atoms with van der Waals surface area (Å²) in [7, 11) is 1.53. The third-order valence-corrected chi connectivity index (χ3v) is 6.69. The first-order chi connectivity index (χ1) is 15.9. The first-order valence-corrected chi connectivity index (χ1v) is 11.6. The first kappa shape index (κ1) is 23.6. The Hall–Kier alpha value is -2.54. The molecular weight excluding hydrogens is 485 g/mol. The van der Waals surface area contributed by atoms with Crippen molar-refractivity contribution in [3.8, 4) is 11.8 Å². The fourth-order valence-electron chi connectivity index (χ4n) is 4.05. The lowest BCUT2D eigenvalue weighted by Crippen LogP contribution is -2.29. The largest absolute Gasteiger partial charge is 0.481 e. The van der Waals surface area contributed by atoms with Gasteiger partial charge in [0.1, 0.15) is 0 Å². The van der Waals surface area contributed by atoms with Crippen LogP contribution in [0.4, 0.5) is 0 Å². The van der Waals surface area contributed by atoms with Crippen molar-refractivity contribution in [3.63, 3.8) is 0 Å². The van der Waals surface area contributed by atoms with Crippen molar-refractivity contribution in [2.45, 2.75) is 12.3 Å². The van der Waals surface area contributed by atoms with Crippen LogP contribution in [0, 0.1) is 5.92 Å². The maximum atomic E-state index is 13.2. The highest BCUT2D eigenvalue weighted by molar-refractivity contribution is 6.42. The maximum absolute atomic E-state index is 13.2. The smallest absolute Gasteiger partial charge is 0.254 e. The number of benzene rings is 1. The van der Waals surface area contributed by atoms with Crippen molar-refractivity contribution < 1.29 is 14.3 Å². The molecule has 0 aliphatic carbocycles. The molecule has 3 aromatic rings. The molecule has 1 aliphatic rings. The predicted octanol–water partition coefficient (Wildman–Crippen LogP) is 5.77. The molecule has 6 nitrogen and oxygen atoms in total. The molecule has 0 radical (unpaired) electrons. The minimum Gasteiger partial charge on any atom is -0.481 e. The minimum absolute atomic E-state index is 0.0662. The van der Waals surface area contributed by atoms with Gasteiger partial charge in [-0.25, -0.2) is 9.97 Å². The van der Waals surface area contributed by atoms with Crippen LogP contribution in [0.1, 0.15) is 28.3 Å². The monoisotopic (exact) mass is 505 g/mol. The Morgan fingerprint density at radius 1 is 1.03 bits per heavy atom. The highest BCUT2D eigenvalue weighted by Gasteiger charge is 2.36. The summed E-state index contributed by atoms with van der Waals surface area (Å²) >= 11 is 18.3. The van der Waals surface area contributed by atoms with Crippen LogP contribution in [0.15, 0.2) is 54.9 Å². The van der Waals surface area contributed by atoms with E-state index < -0.39 is 0 Å². The molecule has 0 spiro atoms. The molecule has 1 fully saturated rings. The van der Waals surface area contributed by atoms with Crippen molar-refractivity contribution in [1.29, 1.82) is 0 Å². The van der Waals surface area contributed by atoms with E-state index in [2.05, 4.69) is 9.97 Å². The molecule has 0 saturated carbocycles. The normalized spacial score (nSPS) is 17.8. The number of rotatable bonds is 7. The zero-order valence-electron chi connectivity index (χ0n) is 17.9. The van der Waals surface area contributed by atoms with Crippen LogP contribution < -0.4 is 9.47 Å². The molecule has 33 heavy (non-hydrogen) atoms. The SMILES string of the molecule is COc1cc(C(=O)N2C[C@@H](CCOc3ccc(Cl)cn3)[C@@H](c3ccc(Cl)c(Cl)c3)C2)ccn1. The van der Waals surface area contributed by atoms with Crippen LogP contribution in [0.5, 0.6) is 11.8 Å². The molecule has 9 heteroatoms. The first-order valence-electron chi connectivity index (χ1n) is 10.4. The van der Waals surface area contributed by atoms with Gasteiger partial charge in [0.25, 0.3) is 5.91 Å². The third-order valence-electron chi connectivity index (χ3n) is 5.73. The van der Waals surface area contributed by atoms with Gasteiger partial charge in [-0.2, -0.15) is 0 Å². The van der Waals surface area contributed by atoms with Crippen molar-refractivity contribution in [2.24, 2.45) is 5.92 Å². The molecule has 1 aliphatic heterocycles. The maximum Gasteiger partial charge on any atom is 0.254 e. The van der Waals surface area contributed by atoms with Gasteiger partial charge in [0.05, 0.1) is 28.8 Å². The molecule has 1 saturated heterocycles. The highest BCUT2D eigenvalue weighted by Crippen LogP contribution is 2.38. The average molecular weight is 507 g/mol. The van der Waals surface area contributed by atoms with Crippen LogP contribution in [0.2, 0.25) is 15.1 Å². The van der Waals surface area contributed by atoms with E-state index in [0.717, 1.165) is 12.0 Å². The van der Waals surface area contributed by atoms with Crippen molar-refractivity contribution >= 4 is 40.7 Å². The van der Waals surface area contributed by atoms with Crippen LogP contribution in [-0.4, -0.2) is 47.6 Å². The Bertz CT molecular complexity index is 1130. The molecule has 0 N–H and O–H groups in total. The number of aromatic nitrogens is 2. The summed E-state index contributed by atoms with van der Waals surface area (Å²) in [6.45, 7) is 1.61. The lowest BCUT2D eigenvalue weighted by atomic mass is 9.87. The second-order valence-electron chi connectivity index (χ2n) is 7.79. The lowest BCUT2D eigenvalue weighted by molar-refractivity contribution is 0.0783. The van der Waals surface area contributed by atoms with Gasteiger partial charge in [-0.15, -0.1) is 0 Å². The van der Waals surface area contributed by atoms with Crippen molar-refractivity contribution in [1.82, 2.24) is 14.9 Å². The highest BCUT2D eigenvalue weighted by atomic mass is 35.5. The topological polar surface area (TPSA) is 64.5 Å². The van der Waals surface area contributed by atoms with E-state index in [9.17, 15) is 4.79 Å². The van der Waals surface area contributed by atoms with Crippen LogP contribution >= 0.6 is 34.8 Å². The minimum atomic E-state index is -0.0662. The molecule has 1 amide bonds. The van der Waals surface area contributed by atoms with Crippen molar-refractivity contribution in [3.05, 3.63) is 81.1 Å².